The van der Waals surface area contributed by atoms with Crippen LogP contribution in [0, 0.1) is 27.7 Å². The summed E-state index contributed by atoms with van der Waals surface area (Å²) in [5.41, 5.74) is 4.67. The minimum absolute atomic E-state index is 0.0527. The fourth-order valence-electron chi connectivity index (χ4n) is 1.98. The van der Waals surface area contributed by atoms with Crippen LogP contribution in [0.4, 0.5) is 5.69 Å². The van der Waals surface area contributed by atoms with Crippen molar-refractivity contribution in [3.8, 4) is 0 Å². The lowest BCUT2D eigenvalue weighted by Gasteiger charge is -2.09. The quantitative estimate of drug-likeness (QED) is 0.920. The number of hydrogen-bond donors (Lipinski definition) is 1. The second-order valence-corrected chi connectivity index (χ2v) is 4.85. The molecule has 1 aromatic carbocycles. The molecule has 0 fully saturated rings. The molecule has 0 bridgehead atoms. The summed E-state index contributed by atoms with van der Waals surface area (Å²) in [6.07, 6.45) is 0.286. The van der Waals surface area contributed by atoms with Gasteiger partial charge in [-0.25, -0.2) is 0 Å². The maximum Gasteiger partial charge on any atom is 0.229 e. The number of carbonyl (C=O) groups is 1. The number of rotatable bonds is 3. The standard InChI is InChI=1S/C15H18N2O2/c1-9-5-6-10(2)14(7-9)16-15(18)8-13-11(3)17-19-12(13)4/h5-7H,8H2,1-4H3,(H,16,18). The Labute approximate surface area is 112 Å². The highest BCUT2D eigenvalue weighted by Gasteiger charge is 2.14. The summed E-state index contributed by atoms with van der Waals surface area (Å²) in [6.45, 7) is 7.64. The third kappa shape index (κ3) is 3.02. The summed E-state index contributed by atoms with van der Waals surface area (Å²) >= 11 is 0. The molecule has 0 spiro atoms. The maximum atomic E-state index is 12.1. The van der Waals surface area contributed by atoms with Gasteiger partial charge in [-0.1, -0.05) is 17.3 Å². The van der Waals surface area contributed by atoms with Crippen molar-refractivity contribution in [2.45, 2.75) is 34.1 Å². The molecule has 19 heavy (non-hydrogen) atoms. The molecule has 2 rings (SSSR count). The predicted octanol–water partition coefficient (Wildman–Crippen LogP) is 3.09. The van der Waals surface area contributed by atoms with Crippen molar-refractivity contribution in [3.05, 3.63) is 46.3 Å². The number of aryl methyl sites for hydroxylation is 4. The highest BCUT2D eigenvalue weighted by Crippen LogP contribution is 2.18. The van der Waals surface area contributed by atoms with Crippen LogP contribution in [-0.4, -0.2) is 11.1 Å². The van der Waals surface area contributed by atoms with Crippen molar-refractivity contribution >= 4 is 11.6 Å². The predicted molar refractivity (Wildman–Crippen MR) is 74.2 cm³/mol. The van der Waals surface area contributed by atoms with Crippen LogP contribution in [0.5, 0.6) is 0 Å². The maximum absolute atomic E-state index is 12.1. The molecule has 1 N–H and O–H groups in total. The summed E-state index contributed by atoms with van der Waals surface area (Å²) in [6, 6.07) is 6.00. The molecule has 1 amide bonds. The number of amides is 1. The number of aromatic nitrogens is 1. The molecule has 2 aromatic rings. The van der Waals surface area contributed by atoms with Crippen LogP contribution in [0.15, 0.2) is 22.7 Å². The van der Waals surface area contributed by atoms with E-state index in [2.05, 4.69) is 10.5 Å². The summed E-state index contributed by atoms with van der Waals surface area (Å²) in [4.78, 5) is 12.1. The third-order valence-corrected chi connectivity index (χ3v) is 3.19. The zero-order valence-electron chi connectivity index (χ0n) is 11.7. The molecule has 1 aromatic heterocycles. The normalized spacial score (nSPS) is 10.5. The Morgan fingerprint density at radius 1 is 1.26 bits per heavy atom. The van der Waals surface area contributed by atoms with Gasteiger partial charge in [-0.3, -0.25) is 4.79 Å². The smallest absolute Gasteiger partial charge is 0.229 e. The largest absolute Gasteiger partial charge is 0.361 e. The van der Waals surface area contributed by atoms with Crippen molar-refractivity contribution in [3.63, 3.8) is 0 Å². The van der Waals surface area contributed by atoms with E-state index in [0.29, 0.717) is 5.76 Å². The highest BCUT2D eigenvalue weighted by molar-refractivity contribution is 5.93. The van der Waals surface area contributed by atoms with Gasteiger partial charge in [0.1, 0.15) is 5.76 Å². The van der Waals surface area contributed by atoms with Crippen molar-refractivity contribution in [1.82, 2.24) is 5.16 Å². The molecule has 0 radical (unpaired) electrons. The Hall–Kier alpha value is -2.10. The monoisotopic (exact) mass is 258 g/mol. The van der Waals surface area contributed by atoms with Gasteiger partial charge in [0.2, 0.25) is 5.91 Å². The fourth-order valence-corrected chi connectivity index (χ4v) is 1.98. The Bertz CT molecular complexity index is 595. The molecule has 0 unspecified atom stereocenters. The van der Waals surface area contributed by atoms with Gasteiger partial charge in [0.05, 0.1) is 12.1 Å². The first-order valence-corrected chi connectivity index (χ1v) is 6.26. The van der Waals surface area contributed by atoms with Crippen molar-refractivity contribution in [2.75, 3.05) is 5.32 Å². The van der Waals surface area contributed by atoms with E-state index in [0.717, 1.165) is 28.1 Å². The van der Waals surface area contributed by atoms with Gasteiger partial charge in [-0.05, 0) is 44.9 Å². The minimum Gasteiger partial charge on any atom is -0.361 e. The molecule has 1 heterocycles. The van der Waals surface area contributed by atoms with Gasteiger partial charge in [0.25, 0.3) is 0 Å². The van der Waals surface area contributed by atoms with E-state index in [9.17, 15) is 4.79 Å². The molecule has 0 atom stereocenters. The minimum atomic E-state index is -0.0527. The van der Waals surface area contributed by atoms with Crippen LogP contribution in [-0.2, 0) is 11.2 Å². The van der Waals surface area contributed by atoms with Crippen LogP contribution < -0.4 is 5.32 Å². The zero-order valence-corrected chi connectivity index (χ0v) is 11.7. The second-order valence-electron chi connectivity index (χ2n) is 4.85. The van der Waals surface area contributed by atoms with Crippen LogP contribution in [0.25, 0.3) is 0 Å². The molecule has 0 aliphatic rings. The molecule has 4 nitrogen and oxygen atoms in total. The van der Waals surface area contributed by atoms with Gasteiger partial charge in [0.15, 0.2) is 0 Å². The van der Waals surface area contributed by atoms with Gasteiger partial charge >= 0.3 is 0 Å². The first kappa shape index (κ1) is 13.3. The first-order valence-electron chi connectivity index (χ1n) is 6.26. The zero-order chi connectivity index (χ0) is 14.0. The topological polar surface area (TPSA) is 55.1 Å². The average Bonchev–Trinajstić information content (AvgIpc) is 2.65. The van der Waals surface area contributed by atoms with Gasteiger partial charge in [-0.2, -0.15) is 0 Å². The van der Waals surface area contributed by atoms with E-state index >= 15 is 0 Å². The molecule has 0 aliphatic carbocycles. The molecule has 0 saturated heterocycles. The molecule has 0 saturated carbocycles. The lowest BCUT2D eigenvalue weighted by atomic mass is 10.1. The van der Waals surface area contributed by atoms with Crippen LogP contribution >= 0.6 is 0 Å². The van der Waals surface area contributed by atoms with Gasteiger partial charge in [-0.15, -0.1) is 0 Å². The van der Waals surface area contributed by atoms with E-state index in [1.807, 2.05) is 45.9 Å². The van der Waals surface area contributed by atoms with E-state index in [1.54, 1.807) is 0 Å². The molecule has 0 aliphatic heterocycles. The number of nitrogens with one attached hydrogen (secondary N) is 1. The SMILES string of the molecule is Cc1ccc(C)c(NC(=O)Cc2c(C)noc2C)c1. The summed E-state index contributed by atoms with van der Waals surface area (Å²) < 4.78 is 5.06. The van der Waals surface area contributed by atoms with Crippen molar-refractivity contribution < 1.29 is 9.32 Å². The molecule has 4 heteroatoms. The lowest BCUT2D eigenvalue weighted by molar-refractivity contribution is -0.115. The number of nitrogens with zero attached hydrogens (tertiary/aromatic N) is 1. The first-order chi connectivity index (χ1) is 8.97. The van der Waals surface area contributed by atoms with E-state index in [4.69, 9.17) is 4.52 Å². The van der Waals surface area contributed by atoms with Gasteiger partial charge < -0.3 is 9.84 Å². The lowest BCUT2D eigenvalue weighted by Crippen LogP contribution is -2.16. The number of hydrogen-bond acceptors (Lipinski definition) is 3. The summed E-state index contributed by atoms with van der Waals surface area (Å²) in [5, 5.41) is 6.79. The highest BCUT2D eigenvalue weighted by atomic mass is 16.5. The van der Waals surface area contributed by atoms with Crippen molar-refractivity contribution in [2.24, 2.45) is 0 Å². The van der Waals surface area contributed by atoms with Crippen LogP contribution in [0.3, 0.4) is 0 Å². The Morgan fingerprint density at radius 3 is 2.63 bits per heavy atom. The Balaban J connectivity index is 2.12. The Kier molecular flexibility index (Phi) is 3.69. The van der Waals surface area contributed by atoms with Crippen LogP contribution in [0.1, 0.15) is 28.1 Å². The molecule has 100 valence electrons. The van der Waals surface area contributed by atoms with E-state index < -0.39 is 0 Å². The number of benzene rings is 1. The molecular formula is C15H18N2O2. The van der Waals surface area contributed by atoms with E-state index in [1.165, 1.54) is 0 Å². The van der Waals surface area contributed by atoms with Gasteiger partial charge in [0, 0.05) is 11.3 Å². The summed E-state index contributed by atoms with van der Waals surface area (Å²) in [5.74, 6) is 0.650. The van der Waals surface area contributed by atoms with Crippen LogP contribution in [0.2, 0.25) is 0 Å². The summed E-state index contributed by atoms with van der Waals surface area (Å²) in [7, 11) is 0. The number of carbonyl (C=O) groups excluding carboxylic acids is 1. The average molecular weight is 258 g/mol. The third-order valence-electron chi connectivity index (χ3n) is 3.19. The second kappa shape index (κ2) is 5.26. The fraction of sp³-hybridized carbons (Fsp3) is 0.333. The molecular weight excluding hydrogens is 240 g/mol. The van der Waals surface area contributed by atoms with Crippen molar-refractivity contribution in [1.29, 1.82) is 0 Å². The van der Waals surface area contributed by atoms with E-state index in [-0.39, 0.29) is 12.3 Å². The number of anilines is 1. The Morgan fingerprint density at radius 2 is 2.00 bits per heavy atom.